The number of hydrogen-bond acceptors (Lipinski definition) is 4. The standard InChI is InChI=1S/C10H16N2O5/c1-6(8(13)11-17)9(14)12-5-3-2-4-7(12)10(15)16/h6-7,17H,2-5H2,1H3,(H,11,13)(H,15,16). The van der Waals surface area contributed by atoms with Crippen LogP contribution in [0.25, 0.3) is 0 Å². The van der Waals surface area contributed by atoms with Crippen molar-refractivity contribution in [3.05, 3.63) is 0 Å². The smallest absolute Gasteiger partial charge is 0.326 e. The van der Waals surface area contributed by atoms with Gasteiger partial charge >= 0.3 is 5.97 Å². The Kier molecular flexibility index (Phi) is 4.45. The van der Waals surface area contributed by atoms with Gasteiger partial charge in [-0.1, -0.05) is 0 Å². The molecule has 7 nitrogen and oxygen atoms in total. The third-order valence-electron chi connectivity index (χ3n) is 2.94. The van der Waals surface area contributed by atoms with Gasteiger partial charge in [-0.15, -0.1) is 0 Å². The first-order valence-corrected chi connectivity index (χ1v) is 5.46. The van der Waals surface area contributed by atoms with E-state index in [0.717, 1.165) is 12.8 Å². The van der Waals surface area contributed by atoms with Gasteiger partial charge in [0.1, 0.15) is 12.0 Å². The normalized spacial score (nSPS) is 21.8. The summed E-state index contributed by atoms with van der Waals surface area (Å²) in [4.78, 5) is 35.2. The average molecular weight is 244 g/mol. The highest BCUT2D eigenvalue weighted by molar-refractivity contribution is 6.00. The van der Waals surface area contributed by atoms with Crippen molar-refractivity contribution in [2.24, 2.45) is 5.92 Å². The van der Waals surface area contributed by atoms with Crippen LogP contribution in [0.4, 0.5) is 0 Å². The first-order chi connectivity index (χ1) is 7.99. The minimum Gasteiger partial charge on any atom is -0.480 e. The second-order valence-corrected chi connectivity index (χ2v) is 4.08. The van der Waals surface area contributed by atoms with Crippen LogP contribution in [0.2, 0.25) is 0 Å². The maximum Gasteiger partial charge on any atom is 0.326 e. The molecule has 1 rings (SSSR count). The molecular weight excluding hydrogens is 228 g/mol. The molecule has 17 heavy (non-hydrogen) atoms. The molecule has 0 bridgehead atoms. The molecule has 0 saturated carbocycles. The number of likely N-dealkylation sites (tertiary alicyclic amines) is 1. The third-order valence-corrected chi connectivity index (χ3v) is 2.94. The molecule has 0 aliphatic carbocycles. The van der Waals surface area contributed by atoms with E-state index in [1.54, 1.807) is 0 Å². The van der Waals surface area contributed by atoms with E-state index in [0.29, 0.717) is 13.0 Å². The highest BCUT2D eigenvalue weighted by atomic mass is 16.5. The van der Waals surface area contributed by atoms with E-state index in [1.165, 1.54) is 17.3 Å². The SMILES string of the molecule is CC(C(=O)NO)C(=O)N1CCCCC1C(=O)O. The molecule has 96 valence electrons. The quantitative estimate of drug-likeness (QED) is 0.355. The third kappa shape index (κ3) is 2.94. The van der Waals surface area contributed by atoms with Crippen LogP contribution in [0.3, 0.4) is 0 Å². The number of piperidine rings is 1. The summed E-state index contributed by atoms with van der Waals surface area (Å²) in [5.74, 6) is -3.54. The molecule has 7 heteroatoms. The van der Waals surface area contributed by atoms with E-state index >= 15 is 0 Å². The van der Waals surface area contributed by atoms with Crippen molar-refractivity contribution in [3.63, 3.8) is 0 Å². The topological polar surface area (TPSA) is 107 Å². The Morgan fingerprint density at radius 3 is 2.53 bits per heavy atom. The number of hydrogen-bond donors (Lipinski definition) is 3. The zero-order valence-electron chi connectivity index (χ0n) is 9.55. The van der Waals surface area contributed by atoms with Gasteiger partial charge in [0.2, 0.25) is 5.91 Å². The average Bonchev–Trinajstić information content (AvgIpc) is 2.35. The molecule has 2 amide bonds. The number of carboxylic acid groups (broad SMARTS) is 1. The number of carboxylic acids is 1. The predicted molar refractivity (Wildman–Crippen MR) is 56.1 cm³/mol. The Balaban J connectivity index is 2.78. The van der Waals surface area contributed by atoms with Crippen LogP contribution in [-0.4, -0.2) is 45.6 Å². The summed E-state index contributed by atoms with van der Waals surface area (Å²) >= 11 is 0. The van der Waals surface area contributed by atoms with E-state index in [1.807, 2.05) is 0 Å². The summed E-state index contributed by atoms with van der Waals surface area (Å²) in [7, 11) is 0. The lowest BCUT2D eigenvalue weighted by Crippen LogP contribution is -2.51. The van der Waals surface area contributed by atoms with Crippen LogP contribution >= 0.6 is 0 Å². The molecule has 1 aliphatic heterocycles. The fraction of sp³-hybridized carbons (Fsp3) is 0.700. The van der Waals surface area contributed by atoms with E-state index < -0.39 is 29.7 Å². The van der Waals surface area contributed by atoms with E-state index in [4.69, 9.17) is 10.3 Å². The van der Waals surface area contributed by atoms with Crippen LogP contribution in [0.15, 0.2) is 0 Å². The molecule has 0 aromatic rings. The summed E-state index contributed by atoms with van der Waals surface area (Å²) in [5.41, 5.74) is 1.39. The van der Waals surface area contributed by atoms with Crippen LogP contribution in [-0.2, 0) is 14.4 Å². The van der Waals surface area contributed by atoms with Gasteiger partial charge in [0.15, 0.2) is 0 Å². The van der Waals surface area contributed by atoms with Crippen LogP contribution < -0.4 is 5.48 Å². The molecule has 1 aliphatic rings. The van der Waals surface area contributed by atoms with Crippen LogP contribution in [0.1, 0.15) is 26.2 Å². The van der Waals surface area contributed by atoms with Crippen molar-refractivity contribution in [1.82, 2.24) is 10.4 Å². The van der Waals surface area contributed by atoms with Gasteiger partial charge in [-0.3, -0.25) is 14.8 Å². The lowest BCUT2D eigenvalue weighted by atomic mass is 9.99. The van der Waals surface area contributed by atoms with Crippen molar-refractivity contribution < 1.29 is 24.7 Å². The Hall–Kier alpha value is -1.63. The summed E-state index contributed by atoms with van der Waals surface area (Å²) in [6, 6.07) is -0.870. The second-order valence-electron chi connectivity index (χ2n) is 4.08. The van der Waals surface area contributed by atoms with Gasteiger partial charge in [-0.05, 0) is 26.2 Å². The molecule has 3 N–H and O–H groups in total. The van der Waals surface area contributed by atoms with E-state index in [9.17, 15) is 14.4 Å². The second kappa shape index (κ2) is 5.62. The van der Waals surface area contributed by atoms with Gasteiger partial charge in [-0.2, -0.15) is 0 Å². The van der Waals surface area contributed by atoms with E-state index in [2.05, 4.69) is 0 Å². The first kappa shape index (κ1) is 13.4. The van der Waals surface area contributed by atoms with Crippen molar-refractivity contribution in [2.45, 2.75) is 32.2 Å². The Morgan fingerprint density at radius 2 is 2.00 bits per heavy atom. The fourth-order valence-electron chi connectivity index (χ4n) is 1.91. The predicted octanol–water partition coefficient (Wildman–Crippen LogP) is -0.406. The number of carbonyl (C=O) groups is 3. The Labute approximate surface area is 98.4 Å². The highest BCUT2D eigenvalue weighted by Crippen LogP contribution is 2.19. The van der Waals surface area contributed by atoms with Gasteiger partial charge in [0.25, 0.3) is 5.91 Å². The molecule has 1 fully saturated rings. The summed E-state index contributed by atoms with van der Waals surface area (Å²) in [5, 5.41) is 17.4. The summed E-state index contributed by atoms with van der Waals surface area (Å²) in [6.45, 7) is 1.67. The van der Waals surface area contributed by atoms with Gasteiger partial charge in [0.05, 0.1) is 0 Å². The maximum absolute atomic E-state index is 11.9. The first-order valence-electron chi connectivity index (χ1n) is 5.46. The Morgan fingerprint density at radius 1 is 1.35 bits per heavy atom. The van der Waals surface area contributed by atoms with Crippen molar-refractivity contribution >= 4 is 17.8 Å². The molecular formula is C10H16N2O5. The molecule has 0 aromatic heterocycles. The van der Waals surface area contributed by atoms with E-state index in [-0.39, 0.29) is 0 Å². The van der Waals surface area contributed by atoms with Gasteiger partial charge in [0, 0.05) is 6.54 Å². The summed E-state index contributed by atoms with van der Waals surface area (Å²) in [6.07, 6.45) is 1.87. The monoisotopic (exact) mass is 244 g/mol. The maximum atomic E-state index is 11.9. The number of nitrogens with one attached hydrogen (secondary N) is 1. The molecule has 0 radical (unpaired) electrons. The van der Waals surface area contributed by atoms with Crippen molar-refractivity contribution in [2.75, 3.05) is 6.54 Å². The van der Waals surface area contributed by atoms with Gasteiger partial charge < -0.3 is 10.0 Å². The molecule has 1 heterocycles. The molecule has 0 aromatic carbocycles. The Bertz CT molecular complexity index is 331. The number of nitrogens with zero attached hydrogens (tertiary/aromatic N) is 1. The molecule has 1 saturated heterocycles. The van der Waals surface area contributed by atoms with Gasteiger partial charge in [-0.25, -0.2) is 10.3 Å². The molecule has 0 spiro atoms. The van der Waals surface area contributed by atoms with Crippen LogP contribution in [0.5, 0.6) is 0 Å². The number of aliphatic carboxylic acids is 1. The fourth-order valence-corrected chi connectivity index (χ4v) is 1.91. The summed E-state index contributed by atoms with van der Waals surface area (Å²) < 4.78 is 0. The highest BCUT2D eigenvalue weighted by Gasteiger charge is 2.35. The number of carbonyl (C=O) groups excluding carboxylic acids is 2. The largest absolute Gasteiger partial charge is 0.480 e. The van der Waals surface area contributed by atoms with Crippen molar-refractivity contribution in [1.29, 1.82) is 0 Å². The minimum absolute atomic E-state index is 0.332. The zero-order chi connectivity index (χ0) is 13.0. The minimum atomic E-state index is -1.08. The van der Waals surface area contributed by atoms with Crippen molar-refractivity contribution in [3.8, 4) is 0 Å². The lowest BCUT2D eigenvalue weighted by molar-refractivity contribution is -0.156. The zero-order valence-corrected chi connectivity index (χ0v) is 9.55. The molecule has 2 unspecified atom stereocenters. The number of hydroxylamine groups is 1. The molecule has 2 atom stereocenters. The van der Waals surface area contributed by atoms with Crippen LogP contribution in [0, 0.1) is 5.92 Å². The lowest BCUT2D eigenvalue weighted by Gasteiger charge is -2.34. The number of amides is 2. The number of rotatable bonds is 3.